The van der Waals surface area contributed by atoms with Gasteiger partial charge in [-0.3, -0.25) is 0 Å². The van der Waals surface area contributed by atoms with Gasteiger partial charge >= 0.3 is 0 Å². The molecule has 5 aromatic rings. The van der Waals surface area contributed by atoms with Crippen LogP contribution in [-0.2, 0) is 0 Å². The van der Waals surface area contributed by atoms with Gasteiger partial charge in [0, 0.05) is 22.1 Å². The first kappa shape index (κ1) is 16.2. The highest BCUT2D eigenvalue weighted by Crippen LogP contribution is 2.27. The van der Waals surface area contributed by atoms with Crippen molar-refractivity contribution in [2.24, 2.45) is 0 Å². The third-order valence-corrected chi connectivity index (χ3v) is 4.64. The summed E-state index contributed by atoms with van der Waals surface area (Å²) < 4.78 is 0. The predicted octanol–water partition coefficient (Wildman–Crippen LogP) is 5.67. The number of anilines is 4. The lowest BCUT2D eigenvalue weighted by molar-refractivity contribution is 1.06. The van der Waals surface area contributed by atoms with Gasteiger partial charge in [-0.2, -0.15) is 4.98 Å². The fourth-order valence-electron chi connectivity index (χ4n) is 3.33. The third kappa shape index (κ3) is 3.10. The van der Waals surface area contributed by atoms with Crippen LogP contribution in [-0.4, -0.2) is 15.0 Å². The first-order valence-electron chi connectivity index (χ1n) is 9.05. The first-order chi connectivity index (χ1) is 13.9. The Bertz CT molecular complexity index is 1180. The summed E-state index contributed by atoms with van der Waals surface area (Å²) in [5.74, 6) is 0.989. The van der Waals surface area contributed by atoms with Crippen LogP contribution in [0.4, 0.5) is 23.3 Å². The van der Waals surface area contributed by atoms with Crippen LogP contribution in [0.15, 0.2) is 91.3 Å². The van der Waals surface area contributed by atoms with Gasteiger partial charge in [-0.25, -0.2) is 9.97 Å². The molecule has 5 heteroatoms. The molecule has 0 amide bonds. The maximum atomic E-state index is 4.53. The molecule has 4 aromatic carbocycles. The van der Waals surface area contributed by atoms with Gasteiger partial charge in [0.15, 0.2) is 0 Å². The second-order valence-electron chi connectivity index (χ2n) is 6.44. The van der Waals surface area contributed by atoms with Crippen LogP contribution < -0.4 is 10.6 Å². The SMILES string of the molecule is c1ccc2c(Nc3ncnc(Nc4cccc5ccccc45)n3)cccc2c1. The monoisotopic (exact) mass is 363 g/mol. The van der Waals surface area contributed by atoms with Crippen LogP contribution in [0.1, 0.15) is 0 Å². The van der Waals surface area contributed by atoms with E-state index in [1.54, 1.807) is 0 Å². The molecule has 5 nitrogen and oxygen atoms in total. The smallest absolute Gasteiger partial charge is 0.232 e. The minimum absolute atomic E-state index is 0.495. The zero-order valence-corrected chi connectivity index (χ0v) is 15.0. The number of rotatable bonds is 4. The molecule has 0 aliphatic carbocycles. The van der Waals surface area contributed by atoms with E-state index in [0.29, 0.717) is 11.9 Å². The van der Waals surface area contributed by atoms with E-state index in [4.69, 9.17) is 0 Å². The molecule has 2 N–H and O–H groups in total. The lowest BCUT2D eigenvalue weighted by Gasteiger charge is -2.11. The molecule has 0 radical (unpaired) electrons. The number of hydrogen-bond acceptors (Lipinski definition) is 5. The average molecular weight is 363 g/mol. The van der Waals surface area contributed by atoms with Crippen molar-refractivity contribution in [1.29, 1.82) is 0 Å². The first-order valence-corrected chi connectivity index (χ1v) is 9.05. The number of fused-ring (bicyclic) bond motifs is 2. The molecule has 0 unspecified atom stereocenters. The molecule has 0 fully saturated rings. The molecular formula is C23H17N5. The van der Waals surface area contributed by atoms with E-state index in [0.717, 1.165) is 32.9 Å². The van der Waals surface area contributed by atoms with E-state index >= 15 is 0 Å². The Balaban J connectivity index is 1.46. The van der Waals surface area contributed by atoms with Crippen LogP contribution in [0.3, 0.4) is 0 Å². The Kier molecular flexibility index (Phi) is 4.03. The van der Waals surface area contributed by atoms with Gasteiger partial charge in [0.25, 0.3) is 0 Å². The van der Waals surface area contributed by atoms with Crippen molar-refractivity contribution in [1.82, 2.24) is 15.0 Å². The van der Waals surface area contributed by atoms with Gasteiger partial charge in [0.1, 0.15) is 6.33 Å². The summed E-state index contributed by atoms with van der Waals surface area (Å²) in [7, 11) is 0. The van der Waals surface area contributed by atoms with E-state index in [9.17, 15) is 0 Å². The van der Waals surface area contributed by atoms with E-state index in [2.05, 4.69) is 62.0 Å². The molecule has 5 rings (SSSR count). The molecule has 0 aliphatic rings. The summed E-state index contributed by atoms with van der Waals surface area (Å²) in [5.41, 5.74) is 1.92. The van der Waals surface area contributed by atoms with E-state index in [1.165, 1.54) is 6.33 Å². The number of hydrogen-bond donors (Lipinski definition) is 2. The molecule has 0 saturated heterocycles. The molecular weight excluding hydrogens is 346 g/mol. The Morgan fingerprint density at radius 3 is 1.50 bits per heavy atom. The average Bonchev–Trinajstić information content (AvgIpc) is 2.75. The van der Waals surface area contributed by atoms with Crippen LogP contribution in [0, 0.1) is 0 Å². The normalized spacial score (nSPS) is 10.9. The molecule has 134 valence electrons. The Labute approximate surface area is 162 Å². The largest absolute Gasteiger partial charge is 0.323 e. The molecule has 1 heterocycles. The van der Waals surface area contributed by atoms with Crippen molar-refractivity contribution in [3.8, 4) is 0 Å². The van der Waals surface area contributed by atoms with Gasteiger partial charge in [0.05, 0.1) is 0 Å². The second-order valence-corrected chi connectivity index (χ2v) is 6.44. The van der Waals surface area contributed by atoms with Crippen LogP contribution in [0.5, 0.6) is 0 Å². The minimum Gasteiger partial charge on any atom is -0.323 e. The molecule has 1 aromatic heterocycles. The minimum atomic E-state index is 0.495. The van der Waals surface area contributed by atoms with Crippen LogP contribution in [0.25, 0.3) is 21.5 Å². The summed E-state index contributed by atoms with van der Waals surface area (Å²) in [4.78, 5) is 13.1. The van der Waals surface area contributed by atoms with Crippen molar-refractivity contribution < 1.29 is 0 Å². The molecule has 0 atom stereocenters. The molecule has 0 aliphatic heterocycles. The summed E-state index contributed by atoms with van der Waals surface area (Å²) in [6, 6.07) is 28.7. The maximum absolute atomic E-state index is 4.53. The highest BCUT2D eigenvalue weighted by atomic mass is 15.2. The Hall–Kier alpha value is -3.99. The predicted molar refractivity (Wildman–Crippen MR) is 114 cm³/mol. The topological polar surface area (TPSA) is 62.7 Å². The number of nitrogens with zero attached hydrogens (tertiary/aromatic N) is 3. The summed E-state index contributed by atoms with van der Waals surface area (Å²) in [6.45, 7) is 0. The van der Waals surface area contributed by atoms with Crippen molar-refractivity contribution in [3.05, 3.63) is 91.3 Å². The Morgan fingerprint density at radius 1 is 0.500 bits per heavy atom. The third-order valence-electron chi connectivity index (χ3n) is 4.64. The van der Waals surface area contributed by atoms with Crippen molar-refractivity contribution in [2.75, 3.05) is 10.6 Å². The van der Waals surface area contributed by atoms with E-state index in [-0.39, 0.29) is 0 Å². The summed E-state index contributed by atoms with van der Waals surface area (Å²) in [6.07, 6.45) is 1.51. The van der Waals surface area contributed by atoms with E-state index in [1.807, 2.05) is 48.5 Å². The van der Waals surface area contributed by atoms with Crippen LogP contribution in [0.2, 0.25) is 0 Å². The number of nitrogens with one attached hydrogen (secondary N) is 2. The summed E-state index contributed by atoms with van der Waals surface area (Å²) in [5, 5.41) is 11.2. The second kappa shape index (κ2) is 6.96. The van der Waals surface area contributed by atoms with Gasteiger partial charge in [-0.1, -0.05) is 72.8 Å². The molecule has 0 spiro atoms. The van der Waals surface area contributed by atoms with Gasteiger partial charge in [-0.15, -0.1) is 0 Å². The standard InChI is InChI=1S/C23H17N5/c1-3-11-18-16(7-1)9-5-13-20(18)26-22-24-15-25-23(28-22)27-21-14-6-10-17-8-2-4-12-19(17)21/h1-15H,(H2,24,25,26,27,28). The number of aromatic nitrogens is 3. The van der Waals surface area contributed by atoms with Crippen molar-refractivity contribution in [2.45, 2.75) is 0 Å². The fourth-order valence-corrected chi connectivity index (χ4v) is 3.33. The van der Waals surface area contributed by atoms with E-state index < -0.39 is 0 Å². The molecule has 0 saturated carbocycles. The molecule has 0 bridgehead atoms. The quantitative estimate of drug-likeness (QED) is 0.431. The highest BCUT2D eigenvalue weighted by molar-refractivity contribution is 5.96. The summed E-state index contributed by atoms with van der Waals surface area (Å²) >= 11 is 0. The fraction of sp³-hybridized carbons (Fsp3) is 0. The molecule has 28 heavy (non-hydrogen) atoms. The zero-order chi connectivity index (χ0) is 18.8. The zero-order valence-electron chi connectivity index (χ0n) is 15.0. The lowest BCUT2D eigenvalue weighted by Crippen LogP contribution is -2.03. The highest BCUT2D eigenvalue weighted by Gasteiger charge is 2.06. The van der Waals surface area contributed by atoms with Crippen molar-refractivity contribution in [3.63, 3.8) is 0 Å². The lowest BCUT2D eigenvalue weighted by atomic mass is 10.1. The van der Waals surface area contributed by atoms with Crippen LogP contribution >= 0.6 is 0 Å². The van der Waals surface area contributed by atoms with Gasteiger partial charge in [0.2, 0.25) is 11.9 Å². The number of benzene rings is 4. The Morgan fingerprint density at radius 2 is 0.964 bits per heavy atom. The van der Waals surface area contributed by atoms with Gasteiger partial charge in [-0.05, 0) is 22.9 Å². The maximum Gasteiger partial charge on any atom is 0.232 e. The van der Waals surface area contributed by atoms with Crippen molar-refractivity contribution >= 4 is 44.8 Å². The van der Waals surface area contributed by atoms with Gasteiger partial charge < -0.3 is 10.6 Å².